The molecule has 2 N–H and O–H groups in total. The Morgan fingerprint density at radius 1 is 0.949 bits per heavy atom. The van der Waals surface area contributed by atoms with Gasteiger partial charge < -0.3 is 10.4 Å². The van der Waals surface area contributed by atoms with Gasteiger partial charge in [0.1, 0.15) is 11.6 Å². The van der Waals surface area contributed by atoms with Gasteiger partial charge in [0.05, 0.1) is 33.5 Å². The van der Waals surface area contributed by atoms with Gasteiger partial charge in [-0.25, -0.2) is 9.78 Å². The number of fused-ring (bicyclic) bond motifs is 1. The monoisotopic (exact) mass is 558 g/mol. The molecule has 0 saturated carbocycles. The van der Waals surface area contributed by atoms with Crippen molar-refractivity contribution in [2.45, 2.75) is 19.5 Å². The number of anilines is 2. The summed E-state index contributed by atoms with van der Waals surface area (Å²) in [5.74, 6) is 0.371. The molecule has 4 aromatic carbocycles. The van der Waals surface area contributed by atoms with Crippen molar-refractivity contribution >= 4 is 51.5 Å². The third kappa shape index (κ3) is 5.60. The first-order chi connectivity index (χ1) is 18.8. The summed E-state index contributed by atoms with van der Waals surface area (Å²) in [4.78, 5) is 33.8. The fourth-order valence-corrected chi connectivity index (χ4v) is 4.75. The number of nitrogens with one attached hydrogen (secondary N) is 1. The van der Waals surface area contributed by atoms with E-state index in [1.807, 2.05) is 36.4 Å². The molecule has 0 aliphatic heterocycles. The fourth-order valence-electron chi connectivity index (χ4n) is 4.46. The van der Waals surface area contributed by atoms with Crippen molar-refractivity contribution < 1.29 is 9.90 Å². The molecule has 0 aliphatic rings. The number of para-hydroxylation sites is 1. The van der Waals surface area contributed by atoms with Crippen molar-refractivity contribution in [3.63, 3.8) is 0 Å². The predicted molar refractivity (Wildman–Crippen MR) is 156 cm³/mol. The number of urea groups is 1. The van der Waals surface area contributed by atoms with E-state index in [2.05, 4.69) is 5.32 Å². The van der Waals surface area contributed by atoms with Crippen molar-refractivity contribution in [1.82, 2.24) is 9.55 Å². The molecule has 0 fully saturated rings. The zero-order valence-corrected chi connectivity index (χ0v) is 22.4. The van der Waals surface area contributed by atoms with Crippen molar-refractivity contribution in [3.05, 3.63) is 129 Å². The van der Waals surface area contributed by atoms with Gasteiger partial charge in [-0.1, -0.05) is 71.7 Å². The highest BCUT2D eigenvalue weighted by atomic mass is 35.5. The van der Waals surface area contributed by atoms with E-state index in [0.717, 1.165) is 5.56 Å². The Bertz CT molecular complexity index is 1720. The topological polar surface area (TPSA) is 87.5 Å². The quantitative estimate of drug-likeness (QED) is 0.229. The van der Waals surface area contributed by atoms with Gasteiger partial charge in [0.15, 0.2) is 0 Å². The second kappa shape index (κ2) is 11.2. The van der Waals surface area contributed by atoms with E-state index in [1.165, 1.54) is 17.0 Å². The molecule has 1 aromatic heterocycles. The minimum atomic E-state index is -0.726. The van der Waals surface area contributed by atoms with Gasteiger partial charge in [0.2, 0.25) is 0 Å². The van der Waals surface area contributed by atoms with Crippen LogP contribution < -0.4 is 15.8 Å². The fraction of sp³-hybridized carbons (Fsp3) is 0.100. The molecule has 2 amide bonds. The van der Waals surface area contributed by atoms with Crippen LogP contribution in [0, 0.1) is 0 Å². The minimum absolute atomic E-state index is 0.0137. The molecular weight excluding hydrogens is 535 g/mol. The Balaban J connectivity index is 1.64. The number of amides is 2. The lowest BCUT2D eigenvalue weighted by Gasteiger charge is -2.31. The van der Waals surface area contributed by atoms with Gasteiger partial charge in [-0.3, -0.25) is 14.3 Å². The molecule has 39 heavy (non-hydrogen) atoms. The van der Waals surface area contributed by atoms with Crippen LogP contribution in [-0.4, -0.2) is 20.7 Å². The number of rotatable bonds is 6. The molecule has 9 heteroatoms. The molecule has 0 radical (unpaired) electrons. The number of nitrogens with zero attached hydrogens (tertiary/aromatic N) is 3. The number of phenolic OH excluding ortho intramolecular Hbond substituents is 1. The van der Waals surface area contributed by atoms with E-state index in [-0.39, 0.29) is 17.9 Å². The van der Waals surface area contributed by atoms with Crippen LogP contribution >= 0.6 is 23.2 Å². The lowest BCUT2D eigenvalue weighted by Crippen LogP contribution is -2.40. The first kappa shape index (κ1) is 26.3. The molecule has 0 spiro atoms. The first-order valence-electron chi connectivity index (χ1n) is 12.2. The number of phenols is 1. The highest BCUT2D eigenvalue weighted by molar-refractivity contribution is 6.42. The van der Waals surface area contributed by atoms with Gasteiger partial charge in [0, 0.05) is 17.4 Å². The molecule has 0 bridgehead atoms. The van der Waals surface area contributed by atoms with Gasteiger partial charge in [-0.05, 0) is 55.0 Å². The molecule has 7 nitrogen and oxygen atoms in total. The number of aromatic nitrogens is 2. The van der Waals surface area contributed by atoms with E-state index >= 15 is 0 Å². The van der Waals surface area contributed by atoms with E-state index in [9.17, 15) is 14.7 Å². The Morgan fingerprint density at radius 2 is 1.69 bits per heavy atom. The molecule has 0 aliphatic carbocycles. The number of aromatic hydroxyl groups is 1. The Hall–Kier alpha value is -4.33. The summed E-state index contributed by atoms with van der Waals surface area (Å²) < 4.78 is 1.59. The summed E-state index contributed by atoms with van der Waals surface area (Å²) in [6.07, 6.45) is 0. The lowest BCUT2D eigenvalue weighted by molar-refractivity contribution is 0.254. The predicted octanol–water partition coefficient (Wildman–Crippen LogP) is 7.26. The third-order valence-corrected chi connectivity index (χ3v) is 7.07. The van der Waals surface area contributed by atoms with Gasteiger partial charge in [-0.2, -0.15) is 0 Å². The highest BCUT2D eigenvalue weighted by Gasteiger charge is 2.28. The van der Waals surface area contributed by atoms with E-state index in [4.69, 9.17) is 28.2 Å². The number of hydrogen-bond donors (Lipinski definition) is 2. The van der Waals surface area contributed by atoms with Crippen LogP contribution in [0.25, 0.3) is 10.9 Å². The van der Waals surface area contributed by atoms with E-state index < -0.39 is 12.1 Å². The summed E-state index contributed by atoms with van der Waals surface area (Å²) in [5.41, 5.74) is 2.06. The SMILES string of the molecule is CC(c1nc2ccccc2c(=O)n1Cc1ccccc1)N(C(=O)Nc1ccc(Cl)c(Cl)c1)c1cccc(O)c1. The van der Waals surface area contributed by atoms with Crippen molar-refractivity contribution in [2.24, 2.45) is 0 Å². The summed E-state index contributed by atoms with van der Waals surface area (Å²) >= 11 is 12.2. The highest BCUT2D eigenvalue weighted by Crippen LogP contribution is 2.31. The zero-order chi connectivity index (χ0) is 27.5. The van der Waals surface area contributed by atoms with Crippen molar-refractivity contribution in [3.8, 4) is 5.75 Å². The van der Waals surface area contributed by atoms with Crippen LogP contribution in [0.5, 0.6) is 5.75 Å². The number of carbonyl (C=O) groups is 1. The van der Waals surface area contributed by atoms with E-state index in [1.54, 1.807) is 60.0 Å². The van der Waals surface area contributed by atoms with Crippen molar-refractivity contribution in [1.29, 1.82) is 0 Å². The van der Waals surface area contributed by atoms with Crippen LogP contribution in [0.3, 0.4) is 0 Å². The average Bonchev–Trinajstić information content (AvgIpc) is 2.93. The maximum Gasteiger partial charge on any atom is 0.326 e. The average molecular weight is 559 g/mol. The second-order valence-electron chi connectivity index (χ2n) is 8.99. The smallest absolute Gasteiger partial charge is 0.326 e. The molecule has 1 heterocycles. The number of carbonyl (C=O) groups excluding carboxylic acids is 1. The standard InChI is InChI=1S/C30H24Cl2N4O3/c1-19(28-34-27-13-6-5-12-24(27)29(38)35(28)18-20-8-3-2-4-9-20)36(22-10-7-11-23(37)17-22)30(39)33-21-14-15-25(31)26(32)16-21/h2-17,19,37H,18H2,1H3,(H,33,39). The van der Waals surface area contributed by atoms with Crippen LogP contribution in [0.1, 0.15) is 24.4 Å². The Morgan fingerprint density at radius 3 is 2.44 bits per heavy atom. The molecule has 1 atom stereocenters. The third-order valence-electron chi connectivity index (χ3n) is 6.33. The number of benzene rings is 4. The van der Waals surface area contributed by atoms with Gasteiger partial charge in [0.25, 0.3) is 5.56 Å². The number of halogens is 2. The van der Waals surface area contributed by atoms with Crippen LogP contribution in [-0.2, 0) is 6.54 Å². The van der Waals surface area contributed by atoms with Crippen molar-refractivity contribution in [2.75, 3.05) is 10.2 Å². The summed E-state index contributed by atoms with van der Waals surface area (Å²) in [6, 6.07) is 26.6. The largest absolute Gasteiger partial charge is 0.508 e. The first-order valence-corrected chi connectivity index (χ1v) is 12.9. The summed E-state index contributed by atoms with van der Waals surface area (Å²) in [5, 5.41) is 14.2. The van der Waals surface area contributed by atoms with E-state index in [0.29, 0.717) is 38.1 Å². The minimum Gasteiger partial charge on any atom is -0.508 e. The summed E-state index contributed by atoms with van der Waals surface area (Å²) in [6.45, 7) is 2.05. The maximum atomic E-state index is 13.8. The molecule has 0 saturated heterocycles. The molecule has 5 aromatic rings. The molecule has 1 unspecified atom stereocenters. The maximum absolute atomic E-state index is 13.8. The normalized spacial score (nSPS) is 11.8. The van der Waals surface area contributed by atoms with Gasteiger partial charge >= 0.3 is 6.03 Å². The Labute approximate surface area is 234 Å². The van der Waals surface area contributed by atoms with Crippen LogP contribution in [0.2, 0.25) is 10.0 Å². The Kier molecular flexibility index (Phi) is 7.54. The van der Waals surface area contributed by atoms with Gasteiger partial charge in [-0.15, -0.1) is 0 Å². The molecular formula is C30H24Cl2N4O3. The number of hydrogen-bond acceptors (Lipinski definition) is 4. The molecule has 196 valence electrons. The summed E-state index contributed by atoms with van der Waals surface area (Å²) in [7, 11) is 0. The second-order valence-corrected chi connectivity index (χ2v) is 9.80. The zero-order valence-electron chi connectivity index (χ0n) is 20.9. The lowest BCUT2D eigenvalue weighted by atomic mass is 10.1. The van der Waals surface area contributed by atoms with Crippen LogP contribution in [0.4, 0.5) is 16.2 Å². The van der Waals surface area contributed by atoms with Crippen LogP contribution in [0.15, 0.2) is 102 Å². The molecule has 5 rings (SSSR count).